The molecule has 5 heteroatoms. The number of hydrogen-bond donors (Lipinski definition) is 2. The molecule has 0 radical (unpaired) electrons. The van der Waals surface area contributed by atoms with Crippen LogP contribution in [0.2, 0.25) is 0 Å². The van der Waals surface area contributed by atoms with E-state index >= 15 is 0 Å². The highest BCUT2D eigenvalue weighted by Gasteiger charge is 2.33. The Morgan fingerprint density at radius 3 is 2.40 bits per heavy atom. The van der Waals surface area contributed by atoms with Crippen LogP contribution in [0.25, 0.3) is 0 Å². The van der Waals surface area contributed by atoms with Crippen molar-refractivity contribution in [1.29, 1.82) is 0 Å². The van der Waals surface area contributed by atoms with E-state index in [9.17, 15) is 14.7 Å². The zero-order valence-corrected chi connectivity index (χ0v) is 15.1. The van der Waals surface area contributed by atoms with Crippen LogP contribution in [0.4, 0.5) is 0 Å². The third kappa shape index (κ3) is 3.55. The molecule has 0 bridgehead atoms. The second-order valence-corrected chi connectivity index (χ2v) is 7.35. The highest BCUT2D eigenvalue weighted by Crippen LogP contribution is 2.33. The largest absolute Gasteiger partial charge is 0.503 e. The van der Waals surface area contributed by atoms with Crippen molar-refractivity contribution < 1.29 is 14.7 Å². The number of aliphatic hydroxyl groups excluding tert-OH is 1. The van der Waals surface area contributed by atoms with Crippen LogP contribution in [0.1, 0.15) is 48.3 Å². The summed E-state index contributed by atoms with van der Waals surface area (Å²) in [5.74, 6) is -0.670. The molecule has 5 nitrogen and oxygen atoms in total. The molecule has 0 unspecified atom stereocenters. The van der Waals surface area contributed by atoms with Crippen molar-refractivity contribution in [2.75, 3.05) is 13.6 Å². The Morgan fingerprint density at radius 1 is 1.16 bits per heavy atom. The van der Waals surface area contributed by atoms with Gasteiger partial charge in [0, 0.05) is 13.1 Å². The zero-order valence-electron chi connectivity index (χ0n) is 15.1. The lowest BCUT2D eigenvalue weighted by atomic mass is 9.81. The number of benzene rings is 1. The van der Waals surface area contributed by atoms with Gasteiger partial charge in [-0.3, -0.25) is 9.59 Å². The molecule has 2 aliphatic rings. The predicted octanol–water partition coefficient (Wildman–Crippen LogP) is 2.73. The Hall–Kier alpha value is -2.30. The first-order valence-electron chi connectivity index (χ1n) is 8.92. The maximum Gasteiger partial charge on any atom is 0.289 e. The fourth-order valence-corrected chi connectivity index (χ4v) is 3.74. The number of nitrogens with zero attached hydrogens (tertiary/aromatic N) is 1. The third-order valence-corrected chi connectivity index (χ3v) is 5.57. The second-order valence-electron chi connectivity index (χ2n) is 7.35. The summed E-state index contributed by atoms with van der Waals surface area (Å²) in [6.07, 6.45) is 3.91. The van der Waals surface area contributed by atoms with Crippen molar-refractivity contribution in [3.05, 3.63) is 46.2 Å². The van der Waals surface area contributed by atoms with Gasteiger partial charge in [0.1, 0.15) is 0 Å². The van der Waals surface area contributed by atoms with Crippen molar-refractivity contribution in [3.8, 4) is 0 Å². The number of rotatable bonds is 3. The summed E-state index contributed by atoms with van der Waals surface area (Å²) in [5, 5.41) is 12.8. The summed E-state index contributed by atoms with van der Waals surface area (Å²) >= 11 is 0. The predicted molar refractivity (Wildman–Crippen MR) is 96.3 cm³/mol. The summed E-state index contributed by atoms with van der Waals surface area (Å²) in [4.78, 5) is 25.3. The van der Waals surface area contributed by atoms with Gasteiger partial charge in [0.15, 0.2) is 5.76 Å². The van der Waals surface area contributed by atoms with E-state index in [1.54, 1.807) is 7.05 Å². The topological polar surface area (TPSA) is 69.6 Å². The lowest BCUT2D eigenvalue weighted by Crippen LogP contribution is -2.39. The number of likely N-dealkylation sites (N-methyl/N-ethyl adjacent to an activating group) is 1. The van der Waals surface area contributed by atoms with Gasteiger partial charge in [-0.1, -0.05) is 18.2 Å². The smallest absolute Gasteiger partial charge is 0.289 e. The first-order chi connectivity index (χ1) is 11.9. The van der Waals surface area contributed by atoms with Gasteiger partial charge in [0.05, 0.1) is 12.1 Å². The molecule has 1 fully saturated rings. The van der Waals surface area contributed by atoms with Gasteiger partial charge in [0.2, 0.25) is 0 Å². The summed E-state index contributed by atoms with van der Waals surface area (Å²) in [7, 11) is 1.58. The van der Waals surface area contributed by atoms with E-state index in [-0.39, 0.29) is 24.1 Å². The SMILES string of the molecule is Cc1ccc([C@H]2CC[C@@H](NC(=O)C3=C(O)C(=O)N(C)C3)CC2)cc1C. The normalized spacial score (nSPS) is 24.0. The first-order valence-corrected chi connectivity index (χ1v) is 8.92. The van der Waals surface area contributed by atoms with Crippen LogP contribution < -0.4 is 5.32 Å². The fraction of sp³-hybridized carbons (Fsp3) is 0.500. The molecule has 1 aliphatic carbocycles. The molecule has 1 aromatic rings. The Labute approximate surface area is 148 Å². The van der Waals surface area contributed by atoms with Crippen LogP contribution in [0.5, 0.6) is 0 Å². The molecule has 2 amide bonds. The van der Waals surface area contributed by atoms with Gasteiger partial charge in [-0.2, -0.15) is 0 Å². The van der Waals surface area contributed by atoms with E-state index in [0.29, 0.717) is 5.92 Å². The average molecular weight is 342 g/mol. The molecule has 134 valence electrons. The molecule has 0 spiro atoms. The summed E-state index contributed by atoms with van der Waals surface area (Å²) < 4.78 is 0. The van der Waals surface area contributed by atoms with Crippen LogP contribution in [-0.2, 0) is 9.59 Å². The molecule has 0 saturated heterocycles. The standard InChI is InChI=1S/C20H26N2O3/c1-12-4-5-15(10-13(12)2)14-6-8-16(9-7-14)21-19(24)17-11-22(3)20(25)18(17)23/h4-5,10,14,16,23H,6-9,11H2,1-3H3,(H,21,24)/t14-,16+. The Balaban J connectivity index is 1.57. The quantitative estimate of drug-likeness (QED) is 0.887. The molecule has 1 heterocycles. The molecule has 1 saturated carbocycles. The lowest BCUT2D eigenvalue weighted by Gasteiger charge is -2.29. The monoisotopic (exact) mass is 342 g/mol. The van der Waals surface area contributed by atoms with Crippen LogP contribution in [0.15, 0.2) is 29.5 Å². The highest BCUT2D eigenvalue weighted by atomic mass is 16.3. The van der Waals surface area contributed by atoms with Gasteiger partial charge in [-0.05, 0) is 62.1 Å². The van der Waals surface area contributed by atoms with E-state index in [4.69, 9.17) is 0 Å². The Kier molecular flexibility index (Phi) is 4.84. The zero-order chi connectivity index (χ0) is 18.1. The summed E-state index contributed by atoms with van der Waals surface area (Å²) in [6, 6.07) is 6.79. The molecular weight excluding hydrogens is 316 g/mol. The minimum absolute atomic E-state index is 0.108. The average Bonchev–Trinajstić information content (AvgIpc) is 2.86. The van der Waals surface area contributed by atoms with Crippen LogP contribution in [-0.4, -0.2) is 41.5 Å². The maximum atomic E-state index is 12.3. The van der Waals surface area contributed by atoms with Crippen LogP contribution in [0.3, 0.4) is 0 Å². The molecule has 0 atom stereocenters. The number of aryl methyl sites for hydroxylation is 2. The van der Waals surface area contributed by atoms with Crippen molar-refractivity contribution >= 4 is 11.8 Å². The van der Waals surface area contributed by atoms with E-state index in [0.717, 1.165) is 25.7 Å². The number of nitrogens with one attached hydrogen (secondary N) is 1. The Morgan fingerprint density at radius 2 is 1.84 bits per heavy atom. The van der Waals surface area contributed by atoms with Gasteiger partial charge in [-0.25, -0.2) is 0 Å². The van der Waals surface area contributed by atoms with Gasteiger partial charge in [-0.15, -0.1) is 0 Å². The molecule has 0 aromatic heterocycles. The van der Waals surface area contributed by atoms with E-state index in [2.05, 4.69) is 37.4 Å². The number of carbonyl (C=O) groups is 2. The van der Waals surface area contributed by atoms with Gasteiger partial charge in [0.25, 0.3) is 11.8 Å². The highest BCUT2D eigenvalue weighted by molar-refractivity contribution is 6.06. The van der Waals surface area contributed by atoms with Crippen molar-refractivity contribution in [1.82, 2.24) is 10.2 Å². The molecule has 1 aromatic carbocycles. The number of aliphatic hydroxyl groups is 1. The number of carbonyl (C=O) groups excluding carboxylic acids is 2. The van der Waals surface area contributed by atoms with Crippen LogP contribution >= 0.6 is 0 Å². The molecule has 2 N–H and O–H groups in total. The van der Waals surface area contributed by atoms with Gasteiger partial charge >= 0.3 is 0 Å². The number of amides is 2. The van der Waals surface area contributed by atoms with E-state index in [1.165, 1.54) is 21.6 Å². The molecular formula is C20H26N2O3. The van der Waals surface area contributed by atoms with Crippen molar-refractivity contribution in [2.45, 2.75) is 51.5 Å². The molecule has 1 aliphatic heterocycles. The van der Waals surface area contributed by atoms with Crippen molar-refractivity contribution in [3.63, 3.8) is 0 Å². The van der Waals surface area contributed by atoms with Crippen molar-refractivity contribution in [2.24, 2.45) is 0 Å². The molecule has 3 rings (SSSR count). The maximum absolute atomic E-state index is 12.3. The van der Waals surface area contributed by atoms with E-state index < -0.39 is 11.7 Å². The van der Waals surface area contributed by atoms with E-state index in [1.807, 2.05) is 0 Å². The second kappa shape index (κ2) is 6.90. The first kappa shape index (κ1) is 17.5. The minimum Gasteiger partial charge on any atom is -0.503 e. The third-order valence-electron chi connectivity index (χ3n) is 5.57. The summed E-state index contributed by atoms with van der Waals surface area (Å²) in [6.45, 7) is 4.44. The molecule has 25 heavy (non-hydrogen) atoms. The summed E-state index contributed by atoms with van der Waals surface area (Å²) in [5.41, 5.74) is 4.21. The van der Waals surface area contributed by atoms with Gasteiger partial charge < -0.3 is 15.3 Å². The van der Waals surface area contributed by atoms with Crippen LogP contribution in [0, 0.1) is 13.8 Å². The minimum atomic E-state index is -0.483. The lowest BCUT2D eigenvalue weighted by molar-refractivity contribution is -0.126. The fourth-order valence-electron chi connectivity index (χ4n) is 3.74. The Bertz CT molecular complexity index is 730. The number of hydrogen-bond acceptors (Lipinski definition) is 3.